The first kappa shape index (κ1) is 13.4. The second-order valence-corrected chi connectivity index (χ2v) is 6.90. The minimum atomic E-state index is 0.0688. The Labute approximate surface area is 122 Å². The van der Waals surface area contributed by atoms with Gasteiger partial charge in [-0.25, -0.2) is 0 Å². The van der Waals surface area contributed by atoms with E-state index in [2.05, 4.69) is 18.9 Å². The number of nitrogens with two attached hydrogens (primary N) is 1. The summed E-state index contributed by atoms with van der Waals surface area (Å²) >= 11 is 1.45. The summed E-state index contributed by atoms with van der Waals surface area (Å²) in [5.74, 6) is 1.18. The van der Waals surface area contributed by atoms with Crippen LogP contribution in [0.2, 0.25) is 0 Å². The molecule has 0 spiro atoms. The quantitative estimate of drug-likeness (QED) is 0.877. The van der Waals surface area contributed by atoms with Crippen LogP contribution in [-0.4, -0.2) is 33.7 Å². The molecule has 3 rings (SSSR count). The number of amides is 1. The molecule has 2 unspecified atom stereocenters. The van der Waals surface area contributed by atoms with Gasteiger partial charge < -0.3 is 10.6 Å². The number of carbonyl (C=O) groups is 1. The minimum absolute atomic E-state index is 0.0688. The van der Waals surface area contributed by atoms with Crippen LogP contribution in [0.25, 0.3) is 10.2 Å². The molecular formula is C14H20N4OS. The van der Waals surface area contributed by atoms with E-state index in [0.717, 1.165) is 29.0 Å². The van der Waals surface area contributed by atoms with Gasteiger partial charge in [-0.3, -0.25) is 9.48 Å². The summed E-state index contributed by atoms with van der Waals surface area (Å²) in [6.45, 7) is 7.97. The van der Waals surface area contributed by atoms with E-state index in [9.17, 15) is 4.79 Å². The van der Waals surface area contributed by atoms with Crippen molar-refractivity contribution < 1.29 is 4.79 Å². The van der Waals surface area contributed by atoms with E-state index < -0.39 is 0 Å². The van der Waals surface area contributed by atoms with Gasteiger partial charge in [-0.15, -0.1) is 11.3 Å². The van der Waals surface area contributed by atoms with Crippen LogP contribution < -0.4 is 5.73 Å². The Morgan fingerprint density at radius 2 is 1.95 bits per heavy atom. The van der Waals surface area contributed by atoms with Crippen molar-refractivity contribution in [2.45, 2.75) is 20.8 Å². The predicted molar refractivity (Wildman–Crippen MR) is 82.0 cm³/mol. The highest BCUT2D eigenvalue weighted by atomic mass is 32.1. The Morgan fingerprint density at radius 3 is 2.50 bits per heavy atom. The number of hydrogen-bond donors (Lipinski definition) is 1. The van der Waals surface area contributed by atoms with Gasteiger partial charge in [-0.2, -0.15) is 5.10 Å². The average Bonchev–Trinajstić information content (AvgIpc) is 2.98. The van der Waals surface area contributed by atoms with E-state index in [0.29, 0.717) is 22.4 Å². The first-order valence-corrected chi connectivity index (χ1v) is 7.72. The van der Waals surface area contributed by atoms with Crippen LogP contribution in [0.1, 0.15) is 29.2 Å². The third-order valence-electron chi connectivity index (χ3n) is 4.35. The van der Waals surface area contributed by atoms with Crippen LogP contribution in [0, 0.1) is 18.8 Å². The highest BCUT2D eigenvalue weighted by Crippen LogP contribution is 2.37. The van der Waals surface area contributed by atoms with Gasteiger partial charge in [-0.05, 0) is 18.8 Å². The monoisotopic (exact) mass is 292 g/mol. The topological polar surface area (TPSA) is 64.2 Å². The molecule has 0 bridgehead atoms. The standard InChI is InChI=1S/C14H20N4OS/c1-7-5-18(6-8(7)2)13(19)12-11(15)10-9(3)16-17(4)14(10)20-12/h7-8H,5-6,15H2,1-4H3. The minimum Gasteiger partial charge on any atom is -0.397 e. The highest BCUT2D eigenvalue weighted by molar-refractivity contribution is 7.21. The predicted octanol–water partition coefficient (Wildman–Crippen LogP) is 2.25. The fraction of sp³-hybridized carbons (Fsp3) is 0.571. The largest absolute Gasteiger partial charge is 0.397 e. The van der Waals surface area contributed by atoms with Gasteiger partial charge in [0.15, 0.2) is 0 Å². The SMILES string of the molecule is Cc1nn(C)c2sc(C(=O)N3CC(C)C(C)C3)c(N)c12. The van der Waals surface area contributed by atoms with E-state index in [1.807, 2.05) is 18.9 Å². The number of nitrogens with zero attached hydrogens (tertiary/aromatic N) is 3. The summed E-state index contributed by atoms with van der Waals surface area (Å²) in [6.07, 6.45) is 0. The zero-order valence-corrected chi connectivity index (χ0v) is 13.1. The van der Waals surface area contributed by atoms with Crippen molar-refractivity contribution in [3.8, 4) is 0 Å². The molecule has 6 heteroatoms. The Bertz CT molecular complexity index is 677. The second-order valence-electron chi connectivity index (χ2n) is 5.90. The first-order valence-electron chi connectivity index (χ1n) is 6.91. The molecular weight excluding hydrogens is 272 g/mol. The molecule has 1 aliphatic rings. The Kier molecular flexibility index (Phi) is 3.01. The van der Waals surface area contributed by atoms with E-state index in [1.165, 1.54) is 11.3 Å². The molecule has 108 valence electrons. The molecule has 20 heavy (non-hydrogen) atoms. The number of carbonyl (C=O) groups excluding carboxylic acids is 1. The van der Waals surface area contributed by atoms with Crippen molar-refractivity contribution in [1.29, 1.82) is 0 Å². The van der Waals surface area contributed by atoms with Gasteiger partial charge in [0, 0.05) is 20.1 Å². The molecule has 2 aromatic rings. The Balaban J connectivity index is 2.00. The number of likely N-dealkylation sites (tertiary alicyclic amines) is 1. The molecule has 1 amide bonds. The van der Waals surface area contributed by atoms with Crippen molar-refractivity contribution >= 4 is 33.1 Å². The lowest BCUT2D eigenvalue weighted by atomic mass is 10.0. The van der Waals surface area contributed by atoms with Crippen LogP contribution in [0.3, 0.4) is 0 Å². The van der Waals surface area contributed by atoms with E-state index in [4.69, 9.17) is 5.73 Å². The summed E-state index contributed by atoms with van der Waals surface area (Å²) in [7, 11) is 1.89. The van der Waals surface area contributed by atoms with Crippen LogP contribution in [0.4, 0.5) is 5.69 Å². The lowest BCUT2D eigenvalue weighted by Gasteiger charge is -2.15. The fourth-order valence-electron chi connectivity index (χ4n) is 2.93. The molecule has 0 aromatic carbocycles. The van der Waals surface area contributed by atoms with Crippen molar-refractivity contribution in [3.63, 3.8) is 0 Å². The molecule has 5 nitrogen and oxygen atoms in total. The van der Waals surface area contributed by atoms with Gasteiger partial charge in [0.05, 0.1) is 16.8 Å². The summed E-state index contributed by atoms with van der Waals surface area (Å²) in [6, 6.07) is 0. The number of rotatable bonds is 1. The Hall–Kier alpha value is -1.56. The van der Waals surface area contributed by atoms with Gasteiger partial charge in [0.2, 0.25) is 0 Å². The van der Waals surface area contributed by atoms with Crippen molar-refractivity contribution in [1.82, 2.24) is 14.7 Å². The van der Waals surface area contributed by atoms with Crippen LogP contribution in [0.15, 0.2) is 0 Å². The molecule has 2 N–H and O–H groups in total. The molecule has 2 aromatic heterocycles. The van der Waals surface area contributed by atoms with Crippen molar-refractivity contribution in [2.75, 3.05) is 18.8 Å². The molecule has 0 radical (unpaired) electrons. The lowest BCUT2D eigenvalue weighted by Crippen LogP contribution is -2.28. The zero-order chi connectivity index (χ0) is 14.6. The van der Waals surface area contributed by atoms with Crippen LogP contribution in [-0.2, 0) is 7.05 Å². The maximum absolute atomic E-state index is 12.7. The number of aromatic nitrogens is 2. The second kappa shape index (κ2) is 4.48. The molecule has 0 aliphatic carbocycles. The molecule has 1 aliphatic heterocycles. The number of thiophene rings is 1. The third-order valence-corrected chi connectivity index (χ3v) is 5.61. The van der Waals surface area contributed by atoms with E-state index in [1.54, 1.807) is 4.68 Å². The van der Waals surface area contributed by atoms with Crippen molar-refractivity contribution in [3.05, 3.63) is 10.6 Å². The molecule has 0 saturated carbocycles. The zero-order valence-electron chi connectivity index (χ0n) is 12.3. The van der Waals surface area contributed by atoms with Crippen LogP contribution in [0.5, 0.6) is 0 Å². The number of aryl methyl sites for hydroxylation is 2. The highest BCUT2D eigenvalue weighted by Gasteiger charge is 2.32. The maximum Gasteiger partial charge on any atom is 0.266 e. The lowest BCUT2D eigenvalue weighted by molar-refractivity contribution is 0.0791. The average molecular weight is 292 g/mol. The molecule has 1 saturated heterocycles. The molecule has 2 atom stereocenters. The van der Waals surface area contributed by atoms with Crippen LogP contribution >= 0.6 is 11.3 Å². The number of fused-ring (bicyclic) bond motifs is 1. The number of nitrogen functional groups attached to an aromatic ring is 1. The number of hydrogen-bond acceptors (Lipinski definition) is 4. The van der Waals surface area contributed by atoms with E-state index >= 15 is 0 Å². The maximum atomic E-state index is 12.7. The number of anilines is 1. The van der Waals surface area contributed by atoms with E-state index in [-0.39, 0.29) is 5.91 Å². The molecule has 3 heterocycles. The van der Waals surface area contributed by atoms with Gasteiger partial charge in [0.25, 0.3) is 5.91 Å². The van der Waals surface area contributed by atoms with Crippen molar-refractivity contribution in [2.24, 2.45) is 18.9 Å². The van der Waals surface area contributed by atoms with Gasteiger partial charge >= 0.3 is 0 Å². The molecule has 1 fully saturated rings. The first-order chi connectivity index (χ1) is 9.40. The summed E-state index contributed by atoms with van der Waals surface area (Å²) < 4.78 is 1.80. The smallest absolute Gasteiger partial charge is 0.266 e. The van der Waals surface area contributed by atoms with Gasteiger partial charge in [0.1, 0.15) is 9.71 Å². The summed E-state index contributed by atoms with van der Waals surface area (Å²) in [5.41, 5.74) is 7.68. The van der Waals surface area contributed by atoms with Gasteiger partial charge in [-0.1, -0.05) is 13.8 Å². The normalized spacial score (nSPS) is 22.9. The summed E-state index contributed by atoms with van der Waals surface area (Å²) in [5, 5.41) is 5.29. The third kappa shape index (κ3) is 1.82. The Morgan fingerprint density at radius 1 is 1.35 bits per heavy atom. The fourth-order valence-corrected chi connectivity index (χ4v) is 4.08. The summed E-state index contributed by atoms with van der Waals surface area (Å²) in [4.78, 5) is 16.2.